The number of fused-ring (bicyclic) bond motifs is 6. The first-order valence-corrected chi connectivity index (χ1v) is 13.9. The smallest absolute Gasteiger partial charge is 0.306 e. The summed E-state index contributed by atoms with van der Waals surface area (Å²) in [6.45, 7) is 0.0595. The number of imide groups is 2. The van der Waals surface area contributed by atoms with Crippen molar-refractivity contribution in [2.75, 3.05) is 33.3 Å². The molecule has 0 bridgehead atoms. The summed E-state index contributed by atoms with van der Waals surface area (Å²) in [5, 5.41) is 0. The molecule has 6 rings (SSSR count). The summed E-state index contributed by atoms with van der Waals surface area (Å²) < 4.78 is 15.8. The van der Waals surface area contributed by atoms with E-state index < -0.39 is 29.6 Å². The van der Waals surface area contributed by atoms with Crippen LogP contribution in [-0.4, -0.2) is 102 Å². The van der Waals surface area contributed by atoms with Crippen molar-refractivity contribution >= 4 is 35.5 Å². The predicted octanol–water partition coefficient (Wildman–Crippen LogP) is -0.00160. The molecule has 6 aliphatic rings. The minimum absolute atomic E-state index is 0.00320. The quantitative estimate of drug-likeness (QED) is 0.223. The van der Waals surface area contributed by atoms with E-state index in [1.807, 2.05) is 6.08 Å². The average molecular weight is 544 g/mol. The van der Waals surface area contributed by atoms with Gasteiger partial charge in [0.05, 0.1) is 49.4 Å². The summed E-state index contributed by atoms with van der Waals surface area (Å²) in [6, 6.07) is 0. The van der Waals surface area contributed by atoms with Gasteiger partial charge in [0.25, 0.3) is 0 Å². The minimum atomic E-state index is -0.536. The zero-order chi connectivity index (χ0) is 27.4. The molecular weight excluding hydrogens is 510 g/mol. The molecule has 0 radical (unpaired) electrons. The van der Waals surface area contributed by atoms with E-state index in [2.05, 4.69) is 4.74 Å². The highest BCUT2D eigenvalue weighted by Crippen LogP contribution is 2.47. The maximum Gasteiger partial charge on any atom is 0.306 e. The van der Waals surface area contributed by atoms with Gasteiger partial charge in [0, 0.05) is 32.6 Å². The number of carbonyl (C=O) groups is 6. The Morgan fingerprint density at radius 3 is 2.28 bits per heavy atom. The molecule has 4 aliphatic heterocycles. The van der Waals surface area contributed by atoms with Gasteiger partial charge in [-0.2, -0.15) is 0 Å². The Labute approximate surface area is 225 Å². The van der Waals surface area contributed by atoms with Crippen LogP contribution < -0.4 is 0 Å². The molecule has 5 fully saturated rings. The van der Waals surface area contributed by atoms with Crippen LogP contribution in [0.5, 0.6) is 0 Å². The summed E-state index contributed by atoms with van der Waals surface area (Å²) in [5.74, 6) is -3.05. The largest absolute Gasteiger partial charge is 0.482 e. The molecule has 4 saturated heterocycles. The molecule has 0 aromatic rings. The molecule has 210 valence electrons. The SMILES string of the molecule is COC(=O)CCC(=O)N(CCN1C(=O)C2CCC=C3OC3C2C1=O)CCN1C(=O)C2CCCC3OC3C2C1=O. The molecule has 4 heterocycles. The molecule has 0 N–H and O–H groups in total. The normalized spacial score (nSPS) is 34.2. The van der Waals surface area contributed by atoms with Gasteiger partial charge in [-0.3, -0.25) is 38.6 Å². The summed E-state index contributed by atoms with van der Waals surface area (Å²) in [7, 11) is 1.24. The Kier molecular flexibility index (Phi) is 6.68. The highest BCUT2D eigenvalue weighted by atomic mass is 16.6. The Balaban J connectivity index is 1.12. The second kappa shape index (κ2) is 10.0. The lowest BCUT2D eigenvalue weighted by atomic mass is 9.90. The summed E-state index contributed by atoms with van der Waals surface area (Å²) in [4.78, 5) is 81.2. The van der Waals surface area contributed by atoms with E-state index >= 15 is 0 Å². The number of hydrogen-bond donors (Lipinski definition) is 0. The Bertz CT molecular complexity index is 1150. The van der Waals surface area contributed by atoms with Gasteiger partial charge in [-0.25, -0.2) is 0 Å². The third-order valence-corrected chi connectivity index (χ3v) is 9.06. The number of nitrogens with zero attached hydrogens (tertiary/aromatic N) is 3. The van der Waals surface area contributed by atoms with Crippen molar-refractivity contribution in [3.05, 3.63) is 11.8 Å². The van der Waals surface area contributed by atoms with E-state index in [1.165, 1.54) is 21.8 Å². The number of esters is 1. The molecule has 0 aromatic carbocycles. The number of amides is 5. The molecule has 39 heavy (non-hydrogen) atoms. The predicted molar refractivity (Wildman–Crippen MR) is 130 cm³/mol. The summed E-state index contributed by atoms with van der Waals surface area (Å²) >= 11 is 0. The minimum Gasteiger partial charge on any atom is -0.482 e. The second-order valence-corrected chi connectivity index (χ2v) is 11.2. The average Bonchev–Trinajstić information content (AvgIpc) is 3.81. The summed E-state index contributed by atoms with van der Waals surface area (Å²) in [6.07, 6.45) is 4.76. The van der Waals surface area contributed by atoms with Crippen molar-refractivity contribution in [2.24, 2.45) is 23.7 Å². The number of epoxide rings is 2. The van der Waals surface area contributed by atoms with Crippen LogP contribution >= 0.6 is 0 Å². The maximum absolute atomic E-state index is 13.2. The molecule has 12 heteroatoms. The van der Waals surface area contributed by atoms with Crippen LogP contribution in [0.1, 0.15) is 44.9 Å². The van der Waals surface area contributed by atoms with Crippen LogP contribution in [0, 0.1) is 23.7 Å². The first-order valence-electron chi connectivity index (χ1n) is 13.9. The van der Waals surface area contributed by atoms with Crippen molar-refractivity contribution in [1.29, 1.82) is 0 Å². The number of rotatable bonds is 9. The van der Waals surface area contributed by atoms with Crippen LogP contribution in [0.15, 0.2) is 11.8 Å². The molecule has 7 unspecified atom stereocenters. The van der Waals surface area contributed by atoms with E-state index in [-0.39, 0.29) is 86.9 Å². The van der Waals surface area contributed by atoms with Gasteiger partial charge in [-0.1, -0.05) is 0 Å². The highest BCUT2D eigenvalue weighted by molar-refractivity contribution is 6.06. The molecule has 2 aliphatic carbocycles. The molecule has 7 atom stereocenters. The molecule has 0 spiro atoms. The van der Waals surface area contributed by atoms with Crippen molar-refractivity contribution in [3.8, 4) is 0 Å². The fraction of sp³-hybridized carbons (Fsp3) is 0.704. The highest BCUT2D eigenvalue weighted by Gasteiger charge is 2.60. The third kappa shape index (κ3) is 4.62. The van der Waals surface area contributed by atoms with Crippen LogP contribution in [0.2, 0.25) is 0 Å². The van der Waals surface area contributed by atoms with Gasteiger partial charge in [0.2, 0.25) is 29.5 Å². The van der Waals surface area contributed by atoms with Crippen LogP contribution in [0.4, 0.5) is 0 Å². The maximum atomic E-state index is 13.2. The lowest BCUT2D eigenvalue weighted by Gasteiger charge is -2.27. The zero-order valence-corrected chi connectivity index (χ0v) is 21.9. The lowest BCUT2D eigenvalue weighted by molar-refractivity contribution is -0.144. The van der Waals surface area contributed by atoms with E-state index in [0.29, 0.717) is 19.3 Å². The summed E-state index contributed by atoms with van der Waals surface area (Å²) in [5.41, 5.74) is 0. The number of allylic oxidation sites excluding steroid dienone is 1. The van der Waals surface area contributed by atoms with Crippen molar-refractivity contribution in [2.45, 2.75) is 63.3 Å². The van der Waals surface area contributed by atoms with Gasteiger partial charge in [0.15, 0.2) is 6.10 Å². The van der Waals surface area contributed by atoms with Gasteiger partial charge in [-0.15, -0.1) is 0 Å². The van der Waals surface area contributed by atoms with Gasteiger partial charge in [0.1, 0.15) is 5.76 Å². The van der Waals surface area contributed by atoms with Gasteiger partial charge < -0.3 is 19.1 Å². The van der Waals surface area contributed by atoms with E-state index in [0.717, 1.165) is 18.6 Å². The van der Waals surface area contributed by atoms with Crippen molar-refractivity contribution in [3.63, 3.8) is 0 Å². The number of methoxy groups -OCH3 is 1. The monoisotopic (exact) mass is 543 g/mol. The second-order valence-electron chi connectivity index (χ2n) is 11.2. The molecule has 1 saturated carbocycles. The van der Waals surface area contributed by atoms with E-state index in [4.69, 9.17) is 9.47 Å². The molecule has 0 aromatic heterocycles. The van der Waals surface area contributed by atoms with E-state index in [1.54, 1.807) is 0 Å². The number of likely N-dealkylation sites (tertiary alicyclic amines) is 2. The van der Waals surface area contributed by atoms with Crippen LogP contribution in [0.3, 0.4) is 0 Å². The topological polar surface area (TPSA) is 146 Å². The number of carbonyl (C=O) groups excluding carboxylic acids is 6. The lowest BCUT2D eigenvalue weighted by Crippen LogP contribution is -2.45. The molecule has 12 nitrogen and oxygen atoms in total. The van der Waals surface area contributed by atoms with Crippen molar-refractivity contribution in [1.82, 2.24) is 14.7 Å². The Hall–Kier alpha value is -3.28. The van der Waals surface area contributed by atoms with Crippen LogP contribution in [-0.2, 0) is 43.0 Å². The van der Waals surface area contributed by atoms with Crippen LogP contribution in [0.25, 0.3) is 0 Å². The Morgan fingerprint density at radius 1 is 0.923 bits per heavy atom. The zero-order valence-electron chi connectivity index (χ0n) is 21.9. The van der Waals surface area contributed by atoms with Gasteiger partial charge in [-0.05, 0) is 38.2 Å². The number of ether oxygens (including phenoxy) is 3. The fourth-order valence-corrected chi connectivity index (χ4v) is 6.83. The first-order chi connectivity index (χ1) is 18.8. The first kappa shape index (κ1) is 26.0. The van der Waals surface area contributed by atoms with Gasteiger partial charge >= 0.3 is 5.97 Å². The third-order valence-electron chi connectivity index (χ3n) is 9.06. The molecular formula is C27H33N3O9. The fourth-order valence-electron chi connectivity index (χ4n) is 6.83. The Morgan fingerprint density at radius 2 is 1.59 bits per heavy atom. The van der Waals surface area contributed by atoms with E-state index in [9.17, 15) is 28.8 Å². The molecule has 5 amide bonds. The standard InChI is InChI=1S/C27H33N3O9/c1-37-19(32)9-8-18(31)28(10-12-29-24(33)14-4-2-6-16-22(38-16)20(14)26(29)35)11-13-30-25(34)15-5-3-7-17-23(39-17)21(15)27(30)36/h6,14-15,17,20-23H,2-5,7-13H2,1H3. The van der Waals surface area contributed by atoms with Crippen molar-refractivity contribution < 1.29 is 43.0 Å². The number of hydrogen-bond acceptors (Lipinski definition) is 9.